The zero-order valence-electron chi connectivity index (χ0n) is 11.4. The van der Waals surface area contributed by atoms with E-state index in [1.165, 1.54) is 0 Å². The van der Waals surface area contributed by atoms with Gasteiger partial charge in [0.15, 0.2) is 0 Å². The standard InChI is InChI=1S/C13H18N4S.CH4/c1-7-6-8(2)13(18)16(4)11(7)10-9(3)12(14)17(5)15-10;/h6H,14H2,1-5H3;1H4. The van der Waals surface area contributed by atoms with Crippen LogP contribution in [0.2, 0.25) is 0 Å². The van der Waals surface area contributed by atoms with Gasteiger partial charge < -0.3 is 10.3 Å². The van der Waals surface area contributed by atoms with Crippen molar-refractivity contribution in [2.45, 2.75) is 28.2 Å². The van der Waals surface area contributed by atoms with Crippen LogP contribution in [-0.4, -0.2) is 14.3 Å². The fourth-order valence-corrected chi connectivity index (χ4v) is 2.45. The molecule has 0 amide bonds. The molecule has 0 unspecified atom stereocenters. The molecule has 0 aliphatic carbocycles. The average molecular weight is 278 g/mol. The van der Waals surface area contributed by atoms with Gasteiger partial charge in [0.2, 0.25) is 0 Å². The second-order valence-electron chi connectivity index (χ2n) is 4.71. The van der Waals surface area contributed by atoms with Crippen LogP contribution in [0.15, 0.2) is 6.07 Å². The van der Waals surface area contributed by atoms with Gasteiger partial charge in [0.05, 0.1) is 5.69 Å². The van der Waals surface area contributed by atoms with E-state index in [1.54, 1.807) is 4.68 Å². The molecule has 2 aromatic rings. The molecule has 2 heterocycles. The zero-order valence-corrected chi connectivity index (χ0v) is 12.2. The Morgan fingerprint density at radius 2 is 1.74 bits per heavy atom. The monoisotopic (exact) mass is 278 g/mol. The highest BCUT2D eigenvalue weighted by molar-refractivity contribution is 7.71. The number of anilines is 1. The van der Waals surface area contributed by atoms with Gasteiger partial charge in [0.1, 0.15) is 16.2 Å². The van der Waals surface area contributed by atoms with Crippen molar-refractivity contribution in [2.24, 2.45) is 14.1 Å². The van der Waals surface area contributed by atoms with E-state index in [1.807, 2.05) is 32.5 Å². The minimum absolute atomic E-state index is 0. The van der Waals surface area contributed by atoms with Crippen LogP contribution in [0.5, 0.6) is 0 Å². The lowest BCUT2D eigenvalue weighted by atomic mass is 10.1. The summed E-state index contributed by atoms with van der Waals surface area (Å²) in [5, 5.41) is 4.50. The predicted octanol–water partition coefficient (Wildman–Crippen LogP) is 3.30. The van der Waals surface area contributed by atoms with Crippen LogP contribution in [0.3, 0.4) is 0 Å². The maximum atomic E-state index is 5.97. The fraction of sp³-hybridized carbons (Fsp3) is 0.429. The Kier molecular flexibility index (Phi) is 4.20. The van der Waals surface area contributed by atoms with Crippen molar-refractivity contribution in [3.8, 4) is 11.4 Å². The molecule has 0 radical (unpaired) electrons. The largest absolute Gasteiger partial charge is 0.384 e. The van der Waals surface area contributed by atoms with Gasteiger partial charge in [-0.1, -0.05) is 25.7 Å². The normalized spacial score (nSPS) is 10.4. The van der Waals surface area contributed by atoms with E-state index in [9.17, 15) is 0 Å². The van der Waals surface area contributed by atoms with Crippen molar-refractivity contribution >= 4 is 18.0 Å². The molecular weight excluding hydrogens is 256 g/mol. The first kappa shape index (κ1) is 15.4. The summed E-state index contributed by atoms with van der Waals surface area (Å²) in [5.41, 5.74) is 11.2. The summed E-state index contributed by atoms with van der Waals surface area (Å²) in [6, 6.07) is 2.10. The van der Waals surface area contributed by atoms with Crippen LogP contribution in [-0.2, 0) is 14.1 Å². The Bertz CT molecular complexity index is 680. The third-order valence-electron chi connectivity index (χ3n) is 3.35. The molecule has 0 spiro atoms. The molecule has 2 aromatic heterocycles. The number of pyridine rings is 1. The van der Waals surface area contributed by atoms with Crippen molar-refractivity contribution in [1.82, 2.24) is 14.3 Å². The summed E-state index contributed by atoms with van der Waals surface area (Å²) in [6.07, 6.45) is 0. The van der Waals surface area contributed by atoms with Crippen LogP contribution in [0.1, 0.15) is 24.1 Å². The number of nitrogens with two attached hydrogens (primary N) is 1. The first-order chi connectivity index (χ1) is 8.34. The maximum absolute atomic E-state index is 5.97. The molecule has 19 heavy (non-hydrogen) atoms. The van der Waals surface area contributed by atoms with E-state index < -0.39 is 0 Å². The van der Waals surface area contributed by atoms with E-state index in [4.69, 9.17) is 18.0 Å². The highest BCUT2D eigenvalue weighted by Crippen LogP contribution is 2.29. The second kappa shape index (κ2) is 5.17. The first-order valence-corrected chi connectivity index (χ1v) is 6.22. The number of rotatable bonds is 1. The second-order valence-corrected chi connectivity index (χ2v) is 5.09. The van der Waals surface area contributed by atoms with E-state index in [-0.39, 0.29) is 7.43 Å². The third-order valence-corrected chi connectivity index (χ3v) is 3.94. The Morgan fingerprint density at radius 1 is 1.16 bits per heavy atom. The molecule has 0 atom stereocenters. The van der Waals surface area contributed by atoms with Gasteiger partial charge in [-0.25, -0.2) is 0 Å². The SMILES string of the molecule is C.Cc1cc(C)c(=S)n(C)c1-c1nn(C)c(N)c1C. The van der Waals surface area contributed by atoms with Crippen molar-refractivity contribution < 1.29 is 0 Å². The Morgan fingerprint density at radius 3 is 2.21 bits per heavy atom. The first-order valence-electron chi connectivity index (χ1n) is 5.81. The molecule has 0 aliphatic heterocycles. The summed E-state index contributed by atoms with van der Waals surface area (Å²) in [7, 11) is 3.83. The van der Waals surface area contributed by atoms with Crippen molar-refractivity contribution in [2.75, 3.05) is 5.73 Å². The summed E-state index contributed by atoms with van der Waals surface area (Å²) in [5.74, 6) is 0.691. The number of aryl methyl sites for hydroxylation is 3. The molecule has 2 N–H and O–H groups in total. The average Bonchev–Trinajstić information content (AvgIpc) is 2.55. The summed E-state index contributed by atoms with van der Waals surface area (Å²) < 4.78 is 4.54. The van der Waals surface area contributed by atoms with Gasteiger partial charge in [-0.3, -0.25) is 4.68 Å². The molecule has 0 aromatic carbocycles. The maximum Gasteiger partial charge on any atom is 0.124 e. The molecule has 104 valence electrons. The summed E-state index contributed by atoms with van der Waals surface area (Å²) in [4.78, 5) is 0. The van der Waals surface area contributed by atoms with Crippen LogP contribution in [0.25, 0.3) is 11.4 Å². The van der Waals surface area contributed by atoms with Gasteiger partial charge in [-0.15, -0.1) is 0 Å². The summed E-state index contributed by atoms with van der Waals surface area (Å²) in [6.45, 7) is 6.08. The van der Waals surface area contributed by atoms with Crippen molar-refractivity contribution in [1.29, 1.82) is 0 Å². The number of hydrogen-bond donors (Lipinski definition) is 1. The van der Waals surface area contributed by atoms with E-state index in [2.05, 4.69) is 18.1 Å². The molecule has 0 fully saturated rings. The zero-order chi connectivity index (χ0) is 13.6. The van der Waals surface area contributed by atoms with Crippen LogP contribution < -0.4 is 5.73 Å². The molecule has 0 bridgehead atoms. The van der Waals surface area contributed by atoms with Crippen LogP contribution in [0, 0.1) is 25.4 Å². The minimum Gasteiger partial charge on any atom is -0.384 e. The van der Waals surface area contributed by atoms with Gasteiger partial charge in [0, 0.05) is 19.7 Å². The molecule has 4 nitrogen and oxygen atoms in total. The minimum atomic E-state index is 0. The quantitative estimate of drug-likeness (QED) is 0.814. The van der Waals surface area contributed by atoms with Gasteiger partial charge in [-0.05, 0) is 31.9 Å². The molecule has 0 aliphatic rings. The van der Waals surface area contributed by atoms with Gasteiger partial charge in [-0.2, -0.15) is 5.10 Å². The number of hydrogen-bond acceptors (Lipinski definition) is 3. The number of nitrogen functional groups attached to an aromatic ring is 1. The van der Waals surface area contributed by atoms with Gasteiger partial charge >= 0.3 is 0 Å². The number of nitrogens with zero attached hydrogens (tertiary/aromatic N) is 3. The topological polar surface area (TPSA) is 48.8 Å². The summed E-state index contributed by atoms with van der Waals surface area (Å²) >= 11 is 5.42. The molecule has 0 saturated carbocycles. The lowest BCUT2D eigenvalue weighted by Gasteiger charge is -2.13. The number of aromatic nitrogens is 3. The van der Waals surface area contributed by atoms with Crippen LogP contribution >= 0.6 is 12.2 Å². The molecule has 2 rings (SSSR count). The Balaban J connectivity index is 0.00000180. The van der Waals surface area contributed by atoms with Crippen LogP contribution in [0.4, 0.5) is 5.82 Å². The molecular formula is C14H22N4S. The van der Waals surface area contributed by atoms with Crippen molar-refractivity contribution in [3.05, 3.63) is 27.4 Å². The fourth-order valence-electron chi connectivity index (χ4n) is 2.30. The molecule has 0 saturated heterocycles. The molecule has 5 heteroatoms. The van der Waals surface area contributed by atoms with E-state index in [0.29, 0.717) is 5.82 Å². The Labute approximate surface area is 119 Å². The third kappa shape index (κ3) is 2.30. The van der Waals surface area contributed by atoms with E-state index in [0.717, 1.165) is 32.7 Å². The highest BCUT2D eigenvalue weighted by atomic mass is 32.1. The highest BCUT2D eigenvalue weighted by Gasteiger charge is 2.16. The van der Waals surface area contributed by atoms with E-state index >= 15 is 0 Å². The van der Waals surface area contributed by atoms with Gasteiger partial charge in [0.25, 0.3) is 0 Å². The van der Waals surface area contributed by atoms with Crippen molar-refractivity contribution in [3.63, 3.8) is 0 Å². The lowest BCUT2D eigenvalue weighted by molar-refractivity contribution is 0.774. The Hall–Kier alpha value is -1.62. The smallest absolute Gasteiger partial charge is 0.124 e. The lowest BCUT2D eigenvalue weighted by Crippen LogP contribution is -2.04. The predicted molar refractivity (Wildman–Crippen MR) is 83.8 cm³/mol.